The van der Waals surface area contributed by atoms with Crippen LogP contribution in [0.5, 0.6) is 0 Å². The van der Waals surface area contributed by atoms with E-state index in [0.717, 1.165) is 16.5 Å². The van der Waals surface area contributed by atoms with Gasteiger partial charge in [0.25, 0.3) is 5.91 Å². The molecule has 1 aliphatic rings. The highest BCUT2D eigenvalue weighted by Gasteiger charge is 2.23. The second-order valence-electron chi connectivity index (χ2n) is 6.27. The Morgan fingerprint density at radius 2 is 1.79 bits per heavy atom. The number of anilines is 3. The summed E-state index contributed by atoms with van der Waals surface area (Å²) in [5.74, 6) is -0.160. The minimum Gasteiger partial charge on any atom is -0.319 e. The van der Waals surface area contributed by atoms with Gasteiger partial charge in [-0.25, -0.2) is 14.2 Å². The number of amides is 3. The number of hydrogen-bond acceptors (Lipinski definition) is 4. The fourth-order valence-corrected chi connectivity index (χ4v) is 3.85. The normalized spacial score (nSPS) is 12.8. The number of carbonyl (C=O) groups is 2. The standard InChI is InChI=1S/C21H17FN4O2S/c22-16-4-1-2-5-17(16)25-19(27)14-7-9-15(10-8-14)24-21(28)26-12-13-29-20-18(26)6-3-11-23-20/h1-11H,12-13H2,(H,24,28)(H,25,27). The first-order chi connectivity index (χ1) is 14.1. The van der Waals surface area contributed by atoms with Crippen molar-refractivity contribution in [2.24, 2.45) is 0 Å². The van der Waals surface area contributed by atoms with Gasteiger partial charge in [-0.3, -0.25) is 9.69 Å². The largest absolute Gasteiger partial charge is 0.326 e. The predicted molar refractivity (Wildman–Crippen MR) is 112 cm³/mol. The Kier molecular flexibility index (Phi) is 5.44. The quantitative estimate of drug-likeness (QED) is 0.663. The molecule has 0 fully saturated rings. The minimum atomic E-state index is -0.501. The van der Waals surface area contributed by atoms with Gasteiger partial charge in [-0.15, -0.1) is 11.8 Å². The Bertz CT molecular complexity index is 1060. The van der Waals surface area contributed by atoms with Crippen molar-refractivity contribution in [3.05, 3.63) is 78.2 Å². The summed E-state index contributed by atoms with van der Waals surface area (Å²) in [6.45, 7) is 0.582. The molecule has 0 aliphatic carbocycles. The fourth-order valence-electron chi connectivity index (χ4n) is 2.92. The first kappa shape index (κ1) is 18.9. The molecule has 3 aromatic rings. The van der Waals surface area contributed by atoms with Crippen molar-refractivity contribution in [3.63, 3.8) is 0 Å². The van der Waals surface area contributed by atoms with Crippen molar-refractivity contribution in [1.82, 2.24) is 4.98 Å². The number of thioether (sulfide) groups is 1. The Morgan fingerprint density at radius 1 is 1.00 bits per heavy atom. The predicted octanol–water partition coefficient (Wildman–Crippen LogP) is 4.62. The molecular weight excluding hydrogens is 391 g/mol. The molecule has 0 atom stereocenters. The number of nitrogens with one attached hydrogen (secondary N) is 2. The van der Waals surface area contributed by atoms with Crippen LogP contribution in [0.3, 0.4) is 0 Å². The second kappa shape index (κ2) is 8.32. The molecule has 0 bridgehead atoms. The molecule has 0 saturated carbocycles. The van der Waals surface area contributed by atoms with Gasteiger partial charge in [-0.05, 0) is 48.5 Å². The van der Waals surface area contributed by atoms with E-state index < -0.39 is 11.7 Å². The summed E-state index contributed by atoms with van der Waals surface area (Å²) in [7, 11) is 0. The number of fused-ring (bicyclic) bond motifs is 1. The molecule has 1 aromatic heterocycles. The highest BCUT2D eigenvalue weighted by atomic mass is 32.2. The smallest absolute Gasteiger partial charge is 0.319 e. The minimum absolute atomic E-state index is 0.116. The Hall–Kier alpha value is -3.39. The summed E-state index contributed by atoms with van der Waals surface area (Å²) in [5, 5.41) is 6.19. The van der Waals surface area contributed by atoms with E-state index >= 15 is 0 Å². The van der Waals surface area contributed by atoms with Crippen molar-refractivity contribution in [1.29, 1.82) is 0 Å². The summed E-state index contributed by atoms with van der Waals surface area (Å²) < 4.78 is 13.7. The molecule has 6 nitrogen and oxygen atoms in total. The van der Waals surface area contributed by atoms with Crippen molar-refractivity contribution in [3.8, 4) is 0 Å². The zero-order valence-electron chi connectivity index (χ0n) is 15.3. The van der Waals surface area contributed by atoms with Crippen LogP contribution in [0.25, 0.3) is 0 Å². The van der Waals surface area contributed by atoms with Crippen LogP contribution in [0.1, 0.15) is 10.4 Å². The maximum atomic E-state index is 13.7. The first-order valence-electron chi connectivity index (χ1n) is 8.94. The number of benzene rings is 2. The van der Waals surface area contributed by atoms with E-state index in [4.69, 9.17) is 0 Å². The van der Waals surface area contributed by atoms with Gasteiger partial charge in [-0.1, -0.05) is 12.1 Å². The van der Waals surface area contributed by atoms with E-state index in [-0.39, 0.29) is 11.7 Å². The van der Waals surface area contributed by atoms with Gasteiger partial charge in [0, 0.05) is 29.7 Å². The highest BCUT2D eigenvalue weighted by molar-refractivity contribution is 7.99. The maximum absolute atomic E-state index is 13.7. The number of nitrogens with zero attached hydrogens (tertiary/aromatic N) is 2. The van der Waals surface area contributed by atoms with Crippen LogP contribution in [0, 0.1) is 5.82 Å². The molecule has 0 saturated heterocycles. The number of para-hydroxylation sites is 1. The summed E-state index contributed by atoms with van der Waals surface area (Å²) in [6.07, 6.45) is 1.71. The lowest BCUT2D eigenvalue weighted by Gasteiger charge is -2.28. The average molecular weight is 408 g/mol. The van der Waals surface area contributed by atoms with Crippen molar-refractivity contribution < 1.29 is 14.0 Å². The zero-order valence-corrected chi connectivity index (χ0v) is 16.1. The van der Waals surface area contributed by atoms with Gasteiger partial charge in [0.2, 0.25) is 0 Å². The first-order valence-corrected chi connectivity index (χ1v) is 9.92. The van der Waals surface area contributed by atoms with Crippen LogP contribution in [0.15, 0.2) is 71.9 Å². The Morgan fingerprint density at radius 3 is 2.59 bits per heavy atom. The van der Waals surface area contributed by atoms with Crippen LogP contribution in [-0.2, 0) is 0 Å². The average Bonchev–Trinajstić information content (AvgIpc) is 2.75. The van der Waals surface area contributed by atoms with Crippen LogP contribution in [-0.4, -0.2) is 29.2 Å². The molecule has 0 unspecified atom stereocenters. The summed E-state index contributed by atoms with van der Waals surface area (Å²) >= 11 is 1.62. The van der Waals surface area contributed by atoms with E-state index in [0.29, 0.717) is 17.8 Å². The maximum Gasteiger partial charge on any atom is 0.326 e. The number of urea groups is 1. The monoisotopic (exact) mass is 408 g/mol. The molecule has 2 heterocycles. The van der Waals surface area contributed by atoms with Crippen LogP contribution in [0.2, 0.25) is 0 Å². The Labute approximate surface area is 171 Å². The number of pyridine rings is 1. The molecule has 0 radical (unpaired) electrons. The highest BCUT2D eigenvalue weighted by Crippen LogP contribution is 2.32. The Balaban J connectivity index is 1.43. The van der Waals surface area contributed by atoms with Gasteiger partial charge in [0.1, 0.15) is 10.8 Å². The third kappa shape index (κ3) is 4.22. The van der Waals surface area contributed by atoms with Crippen molar-refractivity contribution >= 4 is 40.8 Å². The van der Waals surface area contributed by atoms with E-state index in [1.165, 1.54) is 12.1 Å². The fraction of sp³-hybridized carbons (Fsp3) is 0.0952. The summed E-state index contributed by atoms with van der Waals surface area (Å²) in [6, 6.07) is 15.8. The molecule has 2 aromatic carbocycles. The van der Waals surface area contributed by atoms with E-state index in [2.05, 4.69) is 15.6 Å². The van der Waals surface area contributed by atoms with Gasteiger partial charge < -0.3 is 10.6 Å². The van der Waals surface area contributed by atoms with Gasteiger partial charge in [-0.2, -0.15) is 0 Å². The molecule has 2 N–H and O–H groups in total. The lowest BCUT2D eigenvalue weighted by Crippen LogP contribution is -2.38. The summed E-state index contributed by atoms with van der Waals surface area (Å²) in [5.41, 5.74) is 1.81. The van der Waals surface area contributed by atoms with Crippen LogP contribution in [0.4, 0.5) is 26.2 Å². The third-order valence-corrected chi connectivity index (χ3v) is 5.34. The third-order valence-electron chi connectivity index (χ3n) is 4.36. The van der Waals surface area contributed by atoms with Gasteiger partial charge in [0.15, 0.2) is 0 Å². The lowest BCUT2D eigenvalue weighted by atomic mass is 10.2. The molecular formula is C21H17FN4O2S. The van der Waals surface area contributed by atoms with Crippen molar-refractivity contribution in [2.45, 2.75) is 5.03 Å². The topological polar surface area (TPSA) is 74.3 Å². The van der Waals surface area contributed by atoms with Gasteiger partial charge in [0.05, 0.1) is 11.4 Å². The molecule has 146 valence electrons. The SMILES string of the molecule is O=C(Nc1ccccc1F)c1ccc(NC(=O)N2CCSc3ncccc32)cc1. The van der Waals surface area contributed by atoms with E-state index in [9.17, 15) is 14.0 Å². The molecule has 1 aliphatic heterocycles. The molecule has 3 amide bonds. The number of halogens is 1. The van der Waals surface area contributed by atoms with Crippen molar-refractivity contribution in [2.75, 3.05) is 27.8 Å². The van der Waals surface area contributed by atoms with E-state index in [1.54, 1.807) is 65.3 Å². The molecule has 4 rings (SSSR count). The second-order valence-corrected chi connectivity index (χ2v) is 7.35. The molecule has 8 heteroatoms. The molecule has 29 heavy (non-hydrogen) atoms. The van der Waals surface area contributed by atoms with Crippen LogP contribution >= 0.6 is 11.8 Å². The molecule has 0 spiro atoms. The lowest BCUT2D eigenvalue weighted by molar-refractivity contribution is 0.102. The van der Waals surface area contributed by atoms with Gasteiger partial charge >= 0.3 is 6.03 Å². The number of aromatic nitrogens is 1. The van der Waals surface area contributed by atoms with Crippen LogP contribution < -0.4 is 15.5 Å². The zero-order chi connectivity index (χ0) is 20.2. The van der Waals surface area contributed by atoms with E-state index in [1.807, 2.05) is 6.07 Å². The summed E-state index contributed by atoms with van der Waals surface area (Å²) in [4.78, 5) is 30.9. The number of rotatable bonds is 3. The number of carbonyl (C=O) groups excluding carboxylic acids is 2. The number of hydrogen-bond donors (Lipinski definition) is 2.